The topological polar surface area (TPSA) is 56.0 Å². The Balaban J connectivity index is 2.79. The SMILES string of the molecule is NCCC#Cc1cc(C=O)ccn1. The highest BCUT2D eigenvalue weighted by molar-refractivity contribution is 5.74. The maximum absolute atomic E-state index is 10.4. The molecular weight excluding hydrogens is 164 g/mol. The van der Waals surface area contributed by atoms with E-state index in [1.165, 1.54) is 0 Å². The molecule has 3 nitrogen and oxygen atoms in total. The standard InChI is InChI=1S/C10H10N2O/c11-5-2-1-3-10-7-9(8-13)4-6-12-10/h4,6-8H,2,5,11H2. The molecule has 1 aromatic rings. The van der Waals surface area contributed by atoms with Crippen molar-refractivity contribution >= 4 is 6.29 Å². The van der Waals surface area contributed by atoms with E-state index < -0.39 is 0 Å². The van der Waals surface area contributed by atoms with Crippen molar-refractivity contribution < 1.29 is 4.79 Å². The van der Waals surface area contributed by atoms with Gasteiger partial charge in [-0.25, -0.2) is 4.98 Å². The molecule has 0 radical (unpaired) electrons. The molecule has 13 heavy (non-hydrogen) atoms. The third kappa shape index (κ3) is 3.06. The number of pyridine rings is 1. The minimum atomic E-state index is 0.542. The molecule has 0 spiro atoms. The predicted octanol–water partition coefficient (Wildman–Crippen LogP) is 0.594. The number of aromatic nitrogens is 1. The number of aldehydes is 1. The van der Waals surface area contributed by atoms with Crippen LogP contribution in [0.25, 0.3) is 0 Å². The summed E-state index contributed by atoms with van der Waals surface area (Å²) in [5, 5.41) is 0. The van der Waals surface area contributed by atoms with Crippen molar-refractivity contribution in [2.24, 2.45) is 5.73 Å². The minimum absolute atomic E-state index is 0.542. The second-order valence-electron chi connectivity index (χ2n) is 2.43. The molecule has 0 atom stereocenters. The highest BCUT2D eigenvalue weighted by atomic mass is 16.1. The normalized spacial score (nSPS) is 8.69. The Hall–Kier alpha value is -1.66. The van der Waals surface area contributed by atoms with E-state index in [9.17, 15) is 4.79 Å². The van der Waals surface area contributed by atoms with Gasteiger partial charge in [-0.05, 0) is 18.1 Å². The first-order valence-electron chi connectivity index (χ1n) is 3.97. The van der Waals surface area contributed by atoms with Crippen molar-refractivity contribution in [1.82, 2.24) is 4.98 Å². The number of rotatable bonds is 2. The molecule has 2 N–H and O–H groups in total. The van der Waals surface area contributed by atoms with Gasteiger partial charge in [0.2, 0.25) is 0 Å². The summed E-state index contributed by atoms with van der Waals surface area (Å²) >= 11 is 0. The van der Waals surface area contributed by atoms with Gasteiger partial charge in [-0.3, -0.25) is 4.79 Å². The Kier molecular flexibility index (Phi) is 3.68. The van der Waals surface area contributed by atoms with E-state index in [4.69, 9.17) is 5.73 Å². The Labute approximate surface area is 77.0 Å². The highest BCUT2D eigenvalue weighted by Gasteiger charge is 1.90. The molecule has 0 aliphatic rings. The van der Waals surface area contributed by atoms with Crippen LogP contribution in [0, 0.1) is 11.8 Å². The van der Waals surface area contributed by atoms with Crippen LogP contribution in [0.15, 0.2) is 18.3 Å². The van der Waals surface area contributed by atoms with Crippen molar-refractivity contribution in [3.63, 3.8) is 0 Å². The fraction of sp³-hybridized carbons (Fsp3) is 0.200. The molecule has 0 bridgehead atoms. The quantitative estimate of drug-likeness (QED) is 0.527. The third-order valence-electron chi connectivity index (χ3n) is 1.41. The van der Waals surface area contributed by atoms with Crippen LogP contribution in [0.3, 0.4) is 0 Å². The number of carbonyl (C=O) groups is 1. The van der Waals surface area contributed by atoms with Gasteiger partial charge in [-0.15, -0.1) is 0 Å². The predicted molar refractivity (Wildman–Crippen MR) is 50.2 cm³/mol. The molecule has 1 heterocycles. The van der Waals surface area contributed by atoms with Crippen LogP contribution in [0.1, 0.15) is 22.5 Å². The van der Waals surface area contributed by atoms with Gasteiger partial charge in [0.05, 0.1) is 0 Å². The molecule has 0 aromatic carbocycles. The van der Waals surface area contributed by atoms with Crippen LogP contribution >= 0.6 is 0 Å². The second-order valence-corrected chi connectivity index (χ2v) is 2.43. The first-order valence-corrected chi connectivity index (χ1v) is 3.97. The number of hydrogen-bond donors (Lipinski definition) is 1. The Bertz CT molecular complexity index is 349. The zero-order valence-corrected chi connectivity index (χ0v) is 7.16. The van der Waals surface area contributed by atoms with Crippen LogP contribution in [-0.2, 0) is 0 Å². The van der Waals surface area contributed by atoms with Gasteiger partial charge in [0.25, 0.3) is 0 Å². The van der Waals surface area contributed by atoms with Gasteiger partial charge in [0.1, 0.15) is 12.0 Å². The highest BCUT2D eigenvalue weighted by Crippen LogP contribution is 1.96. The van der Waals surface area contributed by atoms with Crippen molar-refractivity contribution in [2.75, 3.05) is 6.54 Å². The number of nitrogens with two attached hydrogens (primary N) is 1. The van der Waals surface area contributed by atoms with Gasteiger partial charge in [-0.1, -0.05) is 5.92 Å². The second kappa shape index (κ2) is 5.07. The molecule has 1 rings (SSSR count). The third-order valence-corrected chi connectivity index (χ3v) is 1.41. The summed E-state index contributed by atoms with van der Waals surface area (Å²) in [7, 11) is 0. The number of carbonyl (C=O) groups excluding carboxylic acids is 1. The molecule has 66 valence electrons. The fourth-order valence-electron chi connectivity index (χ4n) is 0.814. The van der Waals surface area contributed by atoms with Crippen molar-refractivity contribution in [3.8, 4) is 11.8 Å². The van der Waals surface area contributed by atoms with Crippen LogP contribution in [0.5, 0.6) is 0 Å². The lowest BCUT2D eigenvalue weighted by Gasteiger charge is -1.90. The zero-order chi connectivity index (χ0) is 9.52. The minimum Gasteiger partial charge on any atom is -0.330 e. The summed E-state index contributed by atoms with van der Waals surface area (Å²) < 4.78 is 0. The smallest absolute Gasteiger partial charge is 0.150 e. The summed E-state index contributed by atoms with van der Waals surface area (Å²) in [6.07, 6.45) is 2.99. The molecule has 0 amide bonds. The largest absolute Gasteiger partial charge is 0.330 e. The maximum Gasteiger partial charge on any atom is 0.150 e. The molecule has 0 aliphatic heterocycles. The molecule has 0 fully saturated rings. The molecule has 0 saturated heterocycles. The summed E-state index contributed by atoms with van der Waals surface area (Å²) in [6, 6.07) is 3.29. The van der Waals surface area contributed by atoms with Gasteiger partial charge in [0.15, 0.2) is 0 Å². The van der Waals surface area contributed by atoms with E-state index in [1.54, 1.807) is 18.3 Å². The van der Waals surface area contributed by atoms with Crippen LogP contribution < -0.4 is 5.73 Å². The fourth-order valence-corrected chi connectivity index (χ4v) is 0.814. The first kappa shape index (κ1) is 9.43. The Morgan fingerprint density at radius 3 is 3.15 bits per heavy atom. The summed E-state index contributed by atoms with van der Waals surface area (Å²) in [5.74, 6) is 5.67. The van der Waals surface area contributed by atoms with Gasteiger partial charge in [0, 0.05) is 24.7 Å². The molecular formula is C10H10N2O. The van der Waals surface area contributed by atoms with E-state index in [0.717, 1.165) is 6.29 Å². The summed E-state index contributed by atoms with van der Waals surface area (Å²) in [4.78, 5) is 14.4. The lowest BCUT2D eigenvalue weighted by molar-refractivity contribution is 0.112. The van der Waals surface area contributed by atoms with Crippen molar-refractivity contribution in [2.45, 2.75) is 6.42 Å². The van der Waals surface area contributed by atoms with Crippen molar-refractivity contribution in [1.29, 1.82) is 0 Å². The van der Waals surface area contributed by atoms with Gasteiger partial charge < -0.3 is 5.73 Å². The van der Waals surface area contributed by atoms with Crippen LogP contribution in [0.4, 0.5) is 0 Å². The summed E-state index contributed by atoms with van der Waals surface area (Å²) in [5.41, 5.74) is 6.47. The van der Waals surface area contributed by atoms with Crippen LogP contribution in [-0.4, -0.2) is 17.8 Å². The first-order chi connectivity index (χ1) is 6.36. The lowest BCUT2D eigenvalue weighted by Crippen LogP contribution is -1.95. The lowest BCUT2D eigenvalue weighted by atomic mass is 10.2. The monoisotopic (exact) mass is 174 g/mol. The molecule has 3 heteroatoms. The van der Waals surface area contributed by atoms with Gasteiger partial charge in [-0.2, -0.15) is 0 Å². The van der Waals surface area contributed by atoms with E-state index >= 15 is 0 Å². The van der Waals surface area contributed by atoms with E-state index in [2.05, 4.69) is 16.8 Å². The Morgan fingerprint density at radius 2 is 2.46 bits per heavy atom. The number of nitrogens with zero attached hydrogens (tertiary/aromatic N) is 1. The average molecular weight is 174 g/mol. The maximum atomic E-state index is 10.4. The Morgan fingerprint density at radius 1 is 1.62 bits per heavy atom. The molecule has 1 aromatic heterocycles. The van der Waals surface area contributed by atoms with E-state index in [0.29, 0.717) is 24.2 Å². The average Bonchev–Trinajstić information content (AvgIpc) is 2.19. The van der Waals surface area contributed by atoms with Gasteiger partial charge >= 0.3 is 0 Å². The van der Waals surface area contributed by atoms with E-state index in [1.807, 2.05) is 0 Å². The molecule has 0 aliphatic carbocycles. The van der Waals surface area contributed by atoms with E-state index in [-0.39, 0.29) is 0 Å². The number of hydrogen-bond acceptors (Lipinski definition) is 3. The zero-order valence-electron chi connectivity index (χ0n) is 7.16. The molecule has 0 unspecified atom stereocenters. The molecule has 0 saturated carbocycles. The van der Waals surface area contributed by atoms with Crippen LogP contribution in [0.2, 0.25) is 0 Å². The van der Waals surface area contributed by atoms with Crippen molar-refractivity contribution in [3.05, 3.63) is 29.6 Å². The summed E-state index contributed by atoms with van der Waals surface area (Å²) in [6.45, 7) is 0.542.